The predicted molar refractivity (Wildman–Crippen MR) is 119 cm³/mol. The van der Waals surface area contributed by atoms with Gasteiger partial charge in [0.25, 0.3) is 0 Å². The number of esters is 1. The summed E-state index contributed by atoms with van der Waals surface area (Å²) in [6, 6.07) is 29.0. The van der Waals surface area contributed by atoms with Crippen molar-refractivity contribution in [1.82, 2.24) is 0 Å². The fourth-order valence-corrected chi connectivity index (χ4v) is 3.80. The van der Waals surface area contributed by atoms with E-state index in [1.165, 1.54) is 0 Å². The molecule has 0 bridgehead atoms. The Morgan fingerprint density at radius 3 is 1.97 bits per heavy atom. The molecule has 168 valence electrons. The monoisotopic (exact) mass is 444 g/mol. The van der Waals surface area contributed by atoms with Gasteiger partial charge in [-0.25, -0.2) is 4.79 Å². The minimum Gasteiger partial charge on any atom is -0.485 e. The van der Waals surface area contributed by atoms with Crippen LogP contribution in [-0.2, 0) is 41.7 Å². The highest BCUT2D eigenvalue weighted by Gasteiger charge is 2.46. The quantitative estimate of drug-likeness (QED) is 0.471. The SMILES string of the molecule is O=C1O[C@H]([C@@H]2CO[C@@H](c3ccccc3)O2)C(OCc2ccccc2)=C1OCc1ccccc1. The average molecular weight is 444 g/mol. The largest absolute Gasteiger partial charge is 0.485 e. The minimum atomic E-state index is -0.749. The van der Waals surface area contributed by atoms with Gasteiger partial charge in [0.2, 0.25) is 5.76 Å². The van der Waals surface area contributed by atoms with E-state index in [4.69, 9.17) is 23.7 Å². The third kappa shape index (κ3) is 4.92. The van der Waals surface area contributed by atoms with Gasteiger partial charge in [-0.05, 0) is 11.1 Å². The van der Waals surface area contributed by atoms with Crippen molar-refractivity contribution in [3.8, 4) is 0 Å². The maximum Gasteiger partial charge on any atom is 0.378 e. The molecule has 1 saturated heterocycles. The topological polar surface area (TPSA) is 63.2 Å². The van der Waals surface area contributed by atoms with E-state index in [0.717, 1.165) is 16.7 Å². The summed E-state index contributed by atoms with van der Waals surface area (Å²) in [5, 5.41) is 0. The number of ether oxygens (including phenoxy) is 5. The van der Waals surface area contributed by atoms with Crippen LogP contribution in [0.15, 0.2) is 103 Å². The lowest BCUT2D eigenvalue weighted by Crippen LogP contribution is -2.31. The van der Waals surface area contributed by atoms with Gasteiger partial charge in [-0.15, -0.1) is 0 Å². The average Bonchev–Trinajstić information content (AvgIpc) is 3.48. The van der Waals surface area contributed by atoms with Crippen LogP contribution in [0.25, 0.3) is 0 Å². The Bertz CT molecular complexity index is 1100. The van der Waals surface area contributed by atoms with Crippen LogP contribution in [-0.4, -0.2) is 24.8 Å². The Labute approximate surface area is 192 Å². The number of hydrogen-bond acceptors (Lipinski definition) is 6. The summed E-state index contributed by atoms with van der Waals surface area (Å²) in [6.45, 7) is 0.768. The van der Waals surface area contributed by atoms with Crippen LogP contribution in [0.1, 0.15) is 23.0 Å². The zero-order valence-corrected chi connectivity index (χ0v) is 18.0. The number of rotatable bonds is 8. The van der Waals surface area contributed by atoms with E-state index in [2.05, 4.69) is 0 Å². The van der Waals surface area contributed by atoms with Crippen LogP contribution in [0, 0.1) is 0 Å². The number of carbonyl (C=O) groups is 1. The fourth-order valence-electron chi connectivity index (χ4n) is 3.80. The molecule has 3 aromatic carbocycles. The second-order valence-electron chi connectivity index (χ2n) is 7.82. The van der Waals surface area contributed by atoms with Crippen molar-refractivity contribution in [2.24, 2.45) is 0 Å². The Hall–Kier alpha value is -3.61. The molecule has 3 atom stereocenters. The van der Waals surface area contributed by atoms with Gasteiger partial charge in [0, 0.05) is 5.56 Å². The minimum absolute atomic E-state index is 0.0755. The highest BCUT2D eigenvalue weighted by atomic mass is 16.7. The molecule has 1 fully saturated rings. The van der Waals surface area contributed by atoms with Gasteiger partial charge in [0.1, 0.15) is 19.3 Å². The van der Waals surface area contributed by atoms with Crippen molar-refractivity contribution in [2.75, 3.05) is 6.61 Å². The van der Waals surface area contributed by atoms with Crippen molar-refractivity contribution in [3.63, 3.8) is 0 Å². The second-order valence-corrected chi connectivity index (χ2v) is 7.82. The lowest BCUT2D eigenvalue weighted by molar-refractivity contribution is -0.150. The van der Waals surface area contributed by atoms with Crippen LogP contribution in [0.2, 0.25) is 0 Å². The van der Waals surface area contributed by atoms with E-state index in [-0.39, 0.29) is 25.6 Å². The molecule has 6 heteroatoms. The molecule has 0 aliphatic carbocycles. The lowest BCUT2D eigenvalue weighted by atomic mass is 10.1. The van der Waals surface area contributed by atoms with Crippen LogP contribution >= 0.6 is 0 Å². The van der Waals surface area contributed by atoms with Crippen molar-refractivity contribution < 1.29 is 28.5 Å². The third-order valence-electron chi connectivity index (χ3n) is 5.48. The van der Waals surface area contributed by atoms with E-state index >= 15 is 0 Å². The molecule has 33 heavy (non-hydrogen) atoms. The van der Waals surface area contributed by atoms with Crippen LogP contribution < -0.4 is 0 Å². The van der Waals surface area contributed by atoms with Crippen molar-refractivity contribution >= 4 is 5.97 Å². The molecule has 2 aliphatic rings. The highest BCUT2D eigenvalue weighted by molar-refractivity contribution is 5.89. The van der Waals surface area contributed by atoms with Crippen LogP contribution in [0.3, 0.4) is 0 Å². The summed E-state index contributed by atoms with van der Waals surface area (Å²) in [5.74, 6) is -0.153. The van der Waals surface area contributed by atoms with Gasteiger partial charge in [-0.3, -0.25) is 0 Å². The first-order chi connectivity index (χ1) is 16.3. The number of hydrogen-bond donors (Lipinski definition) is 0. The van der Waals surface area contributed by atoms with Gasteiger partial charge < -0.3 is 23.7 Å². The summed E-state index contributed by atoms with van der Waals surface area (Å²) >= 11 is 0. The maximum atomic E-state index is 12.8. The summed E-state index contributed by atoms with van der Waals surface area (Å²) in [4.78, 5) is 12.8. The number of benzene rings is 3. The summed E-state index contributed by atoms with van der Waals surface area (Å²) in [7, 11) is 0. The molecule has 0 N–H and O–H groups in total. The van der Waals surface area contributed by atoms with Crippen LogP contribution in [0.5, 0.6) is 0 Å². The molecule has 5 rings (SSSR count). The standard InChI is InChI=1S/C27H24O6/c28-26-25(30-17-20-12-6-2-7-13-20)24(29-16-19-10-4-1-5-11-19)23(33-26)22-18-31-27(32-22)21-14-8-3-9-15-21/h1-15,22-23,27H,16-18H2/t22-,23+,27+/m0/s1. The Morgan fingerprint density at radius 1 is 0.758 bits per heavy atom. The highest BCUT2D eigenvalue weighted by Crippen LogP contribution is 2.36. The van der Waals surface area contributed by atoms with Crippen LogP contribution in [0.4, 0.5) is 0 Å². The molecule has 0 saturated carbocycles. The summed E-state index contributed by atoms with van der Waals surface area (Å²) < 4.78 is 29.6. The molecule has 0 unspecified atom stereocenters. The first-order valence-corrected chi connectivity index (χ1v) is 10.9. The first-order valence-electron chi connectivity index (χ1n) is 10.9. The smallest absolute Gasteiger partial charge is 0.378 e. The number of cyclic esters (lactones) is 1. The molecular weight excluding hydrogens is 420 g/mol. The van der Waals surface area contributed by atoms with Gasteiger partial charge in [-0.2, -0.15) is 0 Å². The molecule has 0 amide bonds. The Kier molecular flexibility index (Phi) is 6.37. The van der Waals surface area contributed by atoms with E-state index in [1.807, 2.05) is 91.0 Å². The molecule has 0 aromatic heterocycles. The van der Waals surface area contributed by atoms with Gasteiger partial charge in [0.15, 0.2) is 18.2 Å². The predicted octanol–water partition coefficient (Wildman–Crippen LogP) is 4.67. The zero-order chi connectivity index (χ0) is 22.5. The molecule has 6 nitrogen and oxygen atoms in total. The van der Waals surface area contributed by atoms with E-state index in [1.54, 1.807) is 0 Å². The van der Waals surface area contributed by atoms with Crippen molar-refractivity contribution in [2.45, 2.75) is 31.7 Å². The zero-order valence-electron chi connectivity index (χ0n) is 18.0. The normalized spacial score (nSPS) is 22.3. The molecule has 0 spiro atoms. The molecule has 0 radical (unpaired) electrons. The van der Waals surface area contributed by atoms with Gasteiger partial charge >= 0.3 is 5.97 Å². The maximum absolute atomic E-state index is 12.8. The number of carbonyl (C=O) groups excluding carboxylic acids is 1. The third-order valence-corrected chi connectivity index (χ3v) is 5.48. The second kappa shape index (κ2) is 9.90. The molecule has 2 heterocycles. The van der Waals surface area contributed by atoms with E-state index in [0.29, 0.717) is 5.76 Å². The Balaban J connectivity index is 1.36. The Morgan fingerprint density at radius 2 is 1.33 bits per heavy atom. The lowest BCUT2D eigenvalue weighted by Gasteiger charge is -2.20. The summed E-state index contributed by atoms with van der Waals surface area (Å²) in [5.41, 5.74) is 2.81. The van der Waals surface area contributed by atoms with Crippen molar-refractivity contribution in [1.29, 1.82) is 0 Å². The summed E-state index contributed by atoms with van der Waals surface area (Å²) in [6.07, 6.45) is -1.79. The molecule has 3 aromatic rings. The molecule has 2 aliphatic heterocycles. The van der Waals surface area contributed by atoms with E-state index in [9.17, 15) is 4.79 Å². The molecular formula is C27H24O6. The van der Waals surface area contributed by atoms with E-state index < -0.39 is 24.5 Å². The van der Waals surface area contributed by atoms with Gasteiger partial charge in [0.05, 0.1) is 6.61 Å². The first kappa shape index (κ1) is 21.2. The van der Waals surface area contributed by atoms with Crippen molar-refractivity contribution in [3.05, 3.63) is 119 Å². The fraction of sp³-hybridized carbons (Fsp3) is 0.222. The van der Waals surface area contributed by atoms with Gasteiger partial charge in [-0.1, -0.05) is 91.0 Å².